The average molecular weight is 502 g/mol. The van der Waals surface area contributed by atoms with Crippen LogP contribution < -0.4 is 10.1 Å². The van der Waals surface area contributed by atoms with E-state index in [1.807, 2.05) is 25.1 Å². The van der Waals surface area contributed by atoms with Crippen LogP contribution in [0.25, 0.3) is 10.9 Å². The number of fused-ring (bicyclic) bond motifs is 3. The van der Waals surface area contributed by atoms with Crippen LogP contribution in [0.4, 0.5) is 4.79 Å². The minimum atomic E-state index is -0.905. The van der Waals surface area contributed by atoms with Gasteiger partial charge >= 0.3 is 12.1 Å². The Balaban J connectivity index is 2.05. The van der Waals surface area contributed by atoms with Gasteiger partial charge in [-0.05, 0) is 64.7 Å². The molecule has 2 amide bonds. The molecule has 1 aromatic heterocycles. The molecule has 2 aromatic rings. The van der Waals surface area contributed by atoms with Gasteiger partial charge in [0.05, 0.1) is 19.8 Å². The van der Waals surface area contributed by atoms with E-state index in [1.54, 1.807) is 32.6 Å². The molecular formula is C27H39N3O6. The summed E-state index contributed by atoms with van der Waals surface area (Å²) in [5.41, 5.74) is 2.07. The summed E-state index contributed by atoms with van der Waals surface area (Å²) in [5, 5.41) is 3.61. The standard InChI is InChI=1S/C27H39N3O6/c1-9-35-17-10-11-18-19-14-22(25(32)34-8)30(21(12-15(2)3)23(19)29-20(18)13-17)24(31)16(4)28-26(33)36-27(5,6)7/h10-11,13,15-16,21-22,29H,9,12,14H2,1-8H3,(H,28,33). The number of aromatic amines is 1. The van der Waals surface area contributed by atoms with Gasteiger partial charge < -0.3 is 29.4 Å². The summed E-state index contributed by atoms with van der Waals surface area (Å²) >= 11 is 0. The number of carbonyl (C=O) groups is 3. The summed E-state index contributed by atoms with van der Waals surface area (Å²) < 4.78 is 16.1. The van der Waals surface area contributed by atoms with Crippen LogP contribution in [-0.4, -0.2) is 59.3 Å². The molecule has 2 N–H and O–H groups in total. The first-order chi connectivity index (χ1) is 16.9. The molecular weight excluding hydrogens is 462 g/mol. The number of aromatic nitrogens is 1. The Labute approximate surface area is 212 Å². The molecule has 0 saturated carbocycles. The van der Waals surface area contributed by atoms with E-state index in [9.17, 15) is 14.4 Å². The van der Waals surface area contributed by atoms with Crippen molar-refractivity contribution in [2.45, 2.75) is 85.0 Å². The number of methoxy groups -OCH3 is 1. The smallest absolute Gasteiger partial charge is 0.408 e. The normalized spacial score (nSPS) is 18.5. The first-order valence-corrected chi connectivity index (χ1v) is 12.5. The third-order valence-corrected chi connectivity index (χ3v) is 6.15. The molecule has 1 aromatic carbocycles. The summed E-state index contributed by atoms with van der Waals surface area (Å²) in [4.78, 5) is 44.3. The molecule has 9 heteroatoms. The fraction of sp³-hybridized carbons (Fsp3) is 0.593. The molecule has 3 atom stereocenters. The molecule has 3 unspecified atom stereocenters. The monoisotopic (exact) mass is 501 g/mol. The first-order valence-electron chi connectivity index (χ1n) is 12.5. The predicted molar refractivity (Wildman–Crippen MR) is 137 cm³/mol. The van der Waals surface area contributed by atoms with Gasteiger partial charge in [-0.3, -0.25) is 4.79 Å². The van der Waals surface area contributed by atoms with Gasteiger partial charge in [-0.25, -0.2) is 9.59 Å². The molecule has 1 aliphatic rings. The fourth-order valence-corrected chi connectivity index (χ4v) is 4.75. The van der Waals surface area contributed by atoms with Crippen LogP contribution in [0, 0.1) is 5.92 Å². The Morgan fingerprint density at radius 3 is 2.47 bits per heavy atom. The Morgan fingerprint density at radius 1 is 1.19 bits per heavy atom. The Morgan fingerprint density at radius 2 is 1.89 bits per heavy atom. The second-order valence-electron chi connectivity index (χ2n) is 10.7. The summed E-state index contributed by atoms with van der Waals surface area (Å²) in [7, 11) is 1.32. The highest BCUT2D eigenvalue weighted by molar-refractivity contribution is 5.93. The van der Waals surface area contributed by atoms with Crippen LogP contribution in [0.15, 0.2) is 18.2 Å². The maximum Gasteiger partial charge on any atom is 0.408 e. The number of nitrogens with zero attached hydrogens (tertiary/aromatic N) is 1. The number of alkyl carbamates (subject to hydrolysis) is 1. The maximum absolute atomic E-state index is 13.8. The van der Waals surface area contributed by atoms with Gasteiger partial charge in [0.1, 0.15) is 23.4 Å². The van der Waals surface area contributed by atoms with E-state index >= 15 is 0 Å². The van der Waals surface area contributed by atoms with Crippen LogP contribution in [-0.2, 0) is 25.5 Å². The van der Waals surface area contributed by atoms with Gasteiger partial charge in [-0.1, -0.05) is 13.8 Å². The van der Waals surface area contributed by atoms with Crippen LogP contribution >= 0.6 is 0 Å². The third kappa shape index (κ3) is 5.94. The van der Waals surface area contributed by atoms with Gasteiger partial charge in [0.15, 0.2) is 0 Å². The Kier molecular flexibility index (Phi) is 8.21. The zero-order valence-corrected chi connectivity index (χ0v) is 22.6. The second-order valence-corrected chi connectivity index (χ2v) is 10.7. The molecule has 0 fully saturated rings. The molecule has 0 saturated heterocycles. The number of nitrogens with one attached hydrogen (secondary N) is 2. The number of carbonyl (C=O) groups excluding carboxylic acids is 3. The minimum absolute atomic E-state index is 0.231. The van der Waals surface area contributed by atoms with Gasteiger partial charge in [-0.15, -0.1) is 0 Å². The topological polar surface area (TPSA) is 110 Å². The van der Waals surface area contributed by atoms with Crippen LogP contribution in [0.3, 0.4) is 0 Å². The first kappa shape index (κ1) is 27.4. The summed E-state index contributed by atoms with van der Waals surface area (Å²) in [6.45, 7) is 13.5. The number of hydrogen-bond acceptors (Lipinski definition) is 6. The zero-order chi connectivity index (χ0) is 26.8. The number of hydrogen-bond donors (Lipinski definition) is 2. The molecule has 9 nitrogen and oxygen atoms in total. The molecule has 198 valence electrons. The fourth-order valence-electron chi connectivity index (χ4n) is 4.75. The van der Waals surface area contributed by atoms with Crippen molar-refractivity contribution in [1.82, 2.24) is 15.2 Å². The van der Waals surface area contributed by atoms with Crippen molar-refractivity contribution in [2.24, 2.45) is 5.92 Å². The van der Waals surface area contributed by atoms with Crippen molar-refractivity contribution < 1.29 is 28.6 Å². The molecule has 0 aliphatic carbocycles. The zero-order valence-electron chi connectivity index (χ0n) is 22.6. The molecule has 0 spiro atoms. The quantitative estimate of drug-likeness (QED) is 0.541. The number of rotatable bonds is 7. The molecule has 1 aliphatic heterocycles. The largest absolute Gasteiger partial charge is 0.494 e. The van der Waals surface area contributed by atoms with Crippen LogP contribution in [0.1, 0.15) is 72.2 Å². The lowest BCUT2D eigenvalue weighted by atomic mass is 9.87. The van der Waals surface area contributed by atoms with Crippen molar-refractivity contribution >= 4 is 28.9 Å². The lowest BCUT2D eigenvalue weighted by Crippen LogP contribution is -2.57. The minimum Gasteiger partial charge on any atom is -0.494 e. The molecule has 2 heterocycles. The Bertz CT molecular complexity index is 1120. The van der Waals surface area contributed by atoms with E-state index in [0.717, 1.165) is 27.9 Å². The highest BCUT2D eigenvalue weighted by Crippen LogP contribution is 2.41. The SMILES string of the molecule is CCOc1ccc2c3c([nH]c2c1)C(CC(C)C)N(C(=O)C(C)NC(=O)OC(C)(C)C)C(C(=O)OC)C3. The van der Waals surface area contributed by atoms with E-state index < -0.39 is 35.8 Å². The second kappa shape index (κ2) is 10.8. The molecule has 36 heavy (non-hydrogen) atoms. The van der Waals surface area contributed by atoms with Crippen LogP contribution in [0.2, 0.25) is 0 Å². The maximum atomic E-state index is 13.8. The lowest BCUT2D eigenvalue weighted by molar-refractivity contribution is -0.157. The van der Waals surface area contributed by atoms with E-state index in [4.69, 9.17) is 14.2 Å². The van der Waals surface area contributed by atoms with Gasteiger partial charge in [0, 0.05) is 29.1 Å². The van der Waals surface area contributed by atoms with Gasteiger partial charge in [-0.2, -0.15) is 0 Å². The van der Waals surface area contributed by atoms with E-state index in [1.165, 1.54) is 7.11 Å². The molecule has 3 rings (SSSR count). The molecule has 0 radical (unpaired) electrons. The average Bonchev–Trinajstić information content (AvgIpc) is 3.14. The third-order valence-electron chi connectivity index (χ3n) is 6.15. The predicted octanol–water partition coefficient (Wildman–Crippen LogP) is 4.49. The lowest BCUT2D eigenvalue weighted by Gasteiger charge is -2.42. The molecule has 0 bridgehead atoms. The number of benzene rings is 1. The highest BCUT2D eigenvalue weighted by atomic mass is 16.6. The summed E-state index contributed by atoms with van der Waals surface area (Å²) in [5.74, 6) is 0.111. The van der Waals surface area contributed by atoms with Crippen molar-refractivity contribution in [3.8, 4) is 5.75 Å². The Hall–Kier alpha value is -3.23. The number of amides is 2. The number of ether oxygens (including phenoxy) is 3. The number of H-pyrrole nitrogens is 1. The summed E-state index contributed by atoms with van der Waals surface area (Å²) in [6.07, 6.45) is 0.233. The van der Waals surface area contributed by atoms with Gasteiger partial charge in [0.2, 0.25) is 5.91 Å². The van der Waals surface area contributed by atoms with Crippen LogP contribution in [0.5, 0.6) is 5.75 Å². The van der Waals surface area contributed by atoms with Crippen molar-refractivity contribution in [3.05, 3.63) is 29.5 Å². The van der Waals surface area contributed by atoms with Gasteiger partial charge in [0.25, 0.3) is 0 Å². The highest BCUT2D eigenvalue weighted by Gasteiger charge is 2.45. The number of esters is 1. The van der Waals surface area contributed by atoms with Crippen molar-refractivity contribution in [3.63, 3.8) is 0 Å². The van der Waals surface area contributed by atoms with Crippen molar-refractivity contribution in [1.29, 1.82) is 0 Å². The van der Waals surface area contributed by atoms with E-state index in [2.05, 4.69) is 24.1 Å². The van der Waals surface area contributed by atoms with E-state index in [-0.39, 0.29) is 11.8 Å². The van der Waals surface area contributed by atoms with Crippen molar-refractivity contribution in [2.75, 3.05) is 13.7 Å². The van der Waals surface area contributed by atoms with E-state index in [0.29, 0.717) is 19.4 Å². The summed E-state index contributed by atoms with van der Waals surface area (Å²) in [6, 6.07) is 3.70.